The molecule has 0 radical (unpaired) electrons. The van der Waals surface area contributed by atoms with Crippen molar-refractivity contribution in [2.24, 2.45) is 0 Å². The van der Waals surface area contributed by atoms with Gasteiger partial charge in [0.15, 0.2) is 0 Å². The van der Waals surface area contributed by atoms with Crippen molar-refractivity contribution in [2.75, 3.05) is 17.1 Å². The van der Waals surface area contributed by atoms with Crippen LogP contribution in [0.5, 0.6) is 5.75 Å². The summed E-state index contributed by atoms with van der Waals surface area (Å²) in [5, 5.41) is 3.11. The van der Waals surface area contributed by atoms with Gasteiger partial charge in [0.25, 0.3) is 10.0 Å². The Labute approximate surface area is 151 Å². The van der Waals surface area contributed by atoms with Gasteiger partial charge >= 0.3 is 0 Å². The van der Waals surface area contributed by atoms with Crippen molar-refractivity contribution in [3.63, 3.8) is 0 Å². The third kappa shape index (κ3) is 4.31. The first-order valence-electron chi connectivity index (χ1n) is 7.76. The number of sulfonamides is 1. The third-order valence-electron chi connectivity index (χ3n) is 3.64. The van der Waals surface area contributed by atoms with E-state index in [0.29, 0.717) is 11.4 Å². The fourth-order valence-electron chi connectivity index (χ4n) is 2.29. The van der Waals surface area contributed by atoms with Crippen LogP contribution in [0.4, 0.5) is 21.5 Å². The molecule has 0 aliphatic heterocycles. The van der Waals surface area contributed by atoms with Crippen molar-refractivity contribution in [2.45, 2.75) is 4.90 Å². The van der Waals surface area contributed by atoms with Gasteiger partial charge in [0.1, 0.15) is 11.6 Å². The number of benzene rings is 3. The van der Waals surface area contributed by atoms with E-state index in [2.05, 4.69) is 10.0 Å². The normalized spacial score (nSPS) is 11.0. The van der Waals surface area contributed by atoms with Crippen LogP contribution in [0.25, 0.3) is 0 Å². The first-order chi connectivity index (χ1) is 12.5. The molecule has 0 amide bonds. The number of halogens is 1. The predicted molar refractivity (Wildman–Crippen MR) is 99.9 cm³/mol. The zero-order valence-corrected chi connectivity index (χ0v) is 14.8. The van der Waals surface area contributed by atoms with E-state index in [4.69, 9.17) is 4.74 Å². The zero-order valence-electron chi connectivity index (χ0n) is 13.9. The maximum atomic E-state index is 12.9. The van der Waals surface area contributed by atoms with Crippen molar-refractivity contribution in [3.8, 4) is 5.75 Å². The molecule has 3 aromatic carbocycles. The van der Waals surface area contributed by atoms with E-state index in [1.54, 1.807) is 48.5 Å². The van der Waals surface area contributed by atoms with E-state index in [-0.39, 0.29) is 10.7 Å². The highest BCUT2D eigenvalue weighted by molar-refractivity contribution is 7.92. The van der Waals surface area contributed by atoms with Crippen LogP contribution in [-0.4, -0.2) is 15.5 Å². The smallest absolute Gasteiger partial charge is 0.261 e. The summed E-state index contributed by atoms with van der Waals surface area (Å²) in [6.07, 6.45) is 0. The lowest BCUT2D eigenvalue weighted by Crippen LogP contribution is -2.12. The molecule has 0 aromatic heterocycles. The summed E-state index contributed by atoms with van der Waals surface area (Å²) >= 11 is 0. The molecule has 3 rings (SSSR count). The van der Waals surface area contributed by atoms with Crippen LogP contribution in [0.1, 0.15) is 0 Å². The van der Waals surface area contributed by atoms with Gasteiger partial charge < -0.3 is 10.1 Å². The van der Waals surface area contributed by atoms with Crippen LogP contribution in [0, 0.1) is 5.82 Å². The molecule has 0 bridgehead atoms. The highest BCUT2D eigenvalue weighted by Crippen LogP contribution is 2.22. The van der Waals surface area contributed by atoms with Gasteiger partial charge in [0, 0.05) is 17.1 Å². The minimum atomic E-state index is -3.68. The largest absolute Gasteiger partial charge is 0.497 e. The second-order valence-electron chi connectivity index (χ2n) is 5.49. The van der Waals surface area contributed by atoms with Gasteiger partial charge in [-0.1, -0.05) is 0 Å². The molecule has 0 aliphatic carbocycles. The number of ether oxygens (including phenoxy) is 1. The predicted octanol–water partition coefficient (Wildman–Crippen LogP) is 4.38. The fraction of sp³-hybridized carbons (Fsp3) is 0.0526. The molecule has 2 N–H and O–H groups in total. The molecule has 0 saturated carbocycles. The van der Waals surface area contributed by atoms with E-state index in [9.17, 15) is 12.8 Å². The van der Waals surface area contributed by atoms with Crippen molar-refractivity contribution in [1.82, 2.24) is 0 Å². The van der Waals surface area contributed by atoms with Gasteiger partial charge in [-0.25, -0.2) is 12.8 Å². The van der Waals surface area contributed by atoms with Crippen LogP contribution < -0.4 is 14.8 Å². The monoisotopic (exact) mass is 372 g/mol. The molecular formula is C19H17FN2O3S. The van der Waals surface area contributed by atoms with E-state index in [1.807, 2.05) is 0 Å². The molecule has 0 unspecified atom stereocenters. The summed E-state index contributed by atoms with van der Waals surface area (Å²) in [7, 11) is -2.17. The Morgan fingerprint density at radius 3 is 1.81 bits per heavy atom. The summed E-state index contributed by atoms with van der Waals surface area (Å²) in [6, 6.07) is 18.8. The highest BCUT2D eigenvalue weighted by atomic mass is 32.2. The number of nitrogens with one attached hydrogen (secondary N) is 2. The van der Waals surface area contributed by atoms with Crippen LogP contribution in [0.15, 0.2) is 77.7 Å². The summed E-state index contributed by atoms with van der Waals surface area (Å²) < 4.78 is 45.3. The van der Waals surface area contributed by atoms with Crippen molar-refractivity contribution < 1.29 is 17.5 Å². The summed E-state index contributed by atoms with van der Waals surface area (Å²) in [5.74, 6) is 0.277. The minimum Gasteiger partial charge on any atom is -0.497 e. The molecule has 0 atom stereocenters. The molecule has 7 heteroatoms. The minimum absolute atomic E-state index is 0.145. The van der Waals surface area contributed by atoms with Crippen LogP contribution in [0.2, 0.25) is 0 Å². The Hall–Kier alpha value is -3.06. The Morgan fingerprint density at radius 2 is 1.27 bits per heavy atom. The van der Waals surface area contributed by atoms with Crippen LogP contribution in [-0.2, 0) is 10.0 Å². The Bertz CT molecular complexity index is 971. The van der Waals surface area contributed by atoms with Crippen LogP contribution >= 0.6 is 0 Å². The van der Waals surface area contributed by atoms with Gasteiger partial charge in [0.2, 0.25) is 0 Å². The van der Waals surface area contributed by atoms with Crippen molar-refractivity contribution >= 4 is 27.1 Å². The molecular weight excluding hydrogens is 355 g/mol. The lowest BCUT2D eigenvalue weighted by atomic mass is 10.2. The first-order valence-corrected chi connectivity index (χ1v) is 9.24. The second-order valence-corrected chi connectivity index (χ2v) is 7.17. The highest BCUT2D eigenvalue weighted by Gasteiger charge is 2.14. The van der Waals surface area contributed by atoms with Crippen LogP contribution in [0.3, 0.4) is 0 Å². The zero-order chi connectivity index (χ0) is 18.6. The van der Waals surface area contributed by atoms with Gasteiger partial charge in [-0.3, -0.25) is 4.72 Å². The summed E-state index contributed by atoms with van der Waals surface area (Å²) in [4.78, 5) is 0.145. The molecule has 3 aromatic rings. The molecule has 0 fully saturated rings. The Morgan fingerprint density at radius 1 is 0.769 bits per heavy atom. The summed E-state index contributed by atoms with van der Waals surface area (Å²) in [5.41, 5.74) is 1.92. The average molecular weight is 372 g/mol. The van der Waals surface area contributed by atoms with E-state index in [1.165, 1.54) is 31.4 Å². The summed E-state index contributed by atoms with van der Waals surface area (Å²) in [6.45, 7) is 0. The Kier molecular flexibility index (Phi) is 5.09. The lowest BCUT2D eigenvalue weighted by molar-refractivity contribution is 0.414. The molecule has 26 heavy (non-hydrogen) atoms. The lowest BCUT2D eigenvalue weighted by Gasteiger charge is -2.10. The molecule has 5 nitrogen and oxygen atoms in total. The average Bonchev–Trinajstić information content (AvgIpc) is 2.65. The maximum Gasteiger partial charge on any atom is 0.261 e. The maximum absolute atomic E-state index is 12.9. The number of rotatable bonds is 6. The number of hydrogen-bond donors (Lipinski definition) is 2. The van der Waals surface area contributed by atoms with E-state index in [0.717, 1.165) is 11.4 Å². The SMILES string of the molecule is COc1ccc(S(=O)(=O)Nc2ccc(Nc3ccc(F)cc3)cc2)cc1. The van der Waals surface area contributed by atoms with Crippen molar-refractivity contribution in [1.29, 1.82) is 0 Å². The molecule has 0 spiro atoms. The molecule has 0 heterocycles. The molecule has 134 valence electrons. The second kappa shape index (κ2) is 7.45. The van der Waals surface area contributed by atoms with E-state index < -0.39 is 10.0 Å². The topological polar surface area (TPSA) is 67.4 Å². The first kappa shape index (κ1) is 17.8. The number of hydrogen-bond acceptors (Lipinski definition) is 4. The Balaban J connectivity index is 1.70. The van der Waals surface area contributed by atoms with Gasteiger partial charge in [-0.2, -0.15) is 0 Å². The van der Waals surface area contributed by atoms with Gasteiger partial charge in [-0.05, 0) is 72.8 Å². The van der Waals surface area contributed by atoms with Gasteiger partial charge in [-0.15, -0.1) is 0 Å². The fourth-order valence-corrected chi connectivity index (χ4v) is 3.35. The quantitative estimate of drug-likeness (QED) is 0.674. The number of methoxy groups -OCH3 is 1. The van der Waals surface area contributed by atoms with E-state index >= 15 is 0 Å². The standard InChI is InChI=1S/C19H17FN2O3S/c1-25-18-10-12-19(13-11-18)26(23,24)22-17-8-6-16(7-9-17)21-15-4-2-14(20)3-5-15/h2-13,21-22H,1H3. The van der Waals surface area contributed by atoms with Gasteiger partial charge in [0.05, 0.1) is 12.0 Å². The van der Waals surface area contributed by atoms with Crippen molar-refractivity contribution in [3.05, 3.63) is 78.6 Å². The third-order valence-corrected chi connectivity index (χ3v) is 5.04. The number of anilines is 3. The molecule has 0 aliphatic rings. The molecule has 0 saturated heterocycles.